The number of thioether (sulfide) groups is 1. The van der Waals surface area contributed by atoms with Crippen LogP contribution in [0.25, 0.3) is 10.2 Å². The summed E-state index contributed by atoms with van der Waals surface area (Å²) in [5.74, 6) is 0.604. The molecule has 0 spiro atoms. The molecular weight excluding hydrogens is 443 g/mol. The van der Waals surface area contributed by atoms with Crippen molar-refractivity contribution < 1.29 is 13.9 Å². The van der Waals surface area contributed by atoms with Crippen molar-refractivity contribution in [2.24, 2.45) is 0 Å². The Labute approximate surface area is 188 Å². The van der Waals surface area contributed by atoms with Crippen LogP contribution in [0.3, 0.4) is 0 Å². The van der Waals surface area contributed by atoms with Gasteiger partial charge in [-0.05, 0) is 67.5 Å². The SMILES string of the molecule is O=C(CCCSc1ccc(F)cc1)N(CC1CCCO1)c1nc2ccc(Cl)cc2s1. The monoisotopic (exact) mass is 464 g/mol. The molecule has 2 heterocycles. The lowest BCUT2D eigenvalue weighted by Crippen LogP contribution is -2.37. The first-order valence-corrected chi connectivity index (χ1v) is 12.1. The highest BCUT2D eigenvalue weighted by Gasteiger charge is 2.26. The van der Waals surface area contributed by atoms with Crippen LogP contribution in [0.2, 0.25) is 5.02 Å². The number of ether oxygens (including phenoxy) is 1. The molecule has 4 rings (SSSR count). The van der Waals surface area contributed by atoms with Crippen LogP contribution in [0.4, 0.5) is 9.52 Å². The van der Waals surface area contributed by atoms with E-state index in [-0.39, 0.29) is 17.8 Å². The number of nitrogens with zero attached hydrogens (tertiary/aromatic N) is 2. The molecule has 4 nitrogen and oxygen atoms in total. The van der Waals surface area contributed by atoms with Crippen molar-refractivity contribution in [2.75, 3.05) is 23.8 Å². The Morgan fingerprint density at radius 3 is 2.90 bits per heavy atom. The van der Waals surface area contributed by atoms with Crippen LogP contribution in [0.1, 0.15) is 25.7 Å². The Morgan fingerprint density at radius 2 is 2.13 bits per heavy atom. The number of hydrogen-bond acceptors (Lipinski definition) is 5. The number of aromatic nitrogens is 1. The Bertz CT molecular complexity index is 1010. The second-order valence-electron chi connectivity index (χ2n) is 7.15. The van der Waals surface area contributed by atoms with Gasteiger partial charge in [0.05, 0.1) is 22.9 Å². The van der Waals surface area contributed by atoms with Gasteiger partial charge < -0.3 is 4.74 Å². The molecule has 1 saturated heterocycles. The zero-order valence-corrected chi connectivity index (χ0v) is 18.7. The lowest BCUT2D eigenvalue weighted by Gasteiger charge is -2.23. The third-order valence-corrected chi connectivity index (χ3v) is 7.27. The number of anilines is 1. The molecule has 30 heavy (non-hydrogen) atoms. The summed E-state index contributed by atoms with van der Waals surface area (Å²) >= 11 is 9.22. The summed E-state index contributed by atoms with van der Waals surface area (Å²) in [6.45, 7) is 1.27. The fraction of sp³-hybridized carbons (Fsp3) is 0.364. The first-order valence-electron chi connectivity index (χ1n) is 9.95. The number of thiazole rings is 1. The van der Waals surface area contributed by atoms with Gasteiger partial charge in [-0.25, -0.2) is 9.37 Å². The Hall–Kier alpha value is -1.67. The van der Waals surface area contributed by atoms with Crippen LogP contribution in [0.5, 0.6) is 0 Å². The van der Waals surface area contributed by atoms with Gasteiger partial charge in [0, 0.05) is 22.9 Å². The minimum Gasteiger partial charge on any atom is -0.376 e. The summed E-state index contributed by atoms with van der Waals surface area (Å²) in [7, 11) is 0. The zero-order valence-electron chi connectivity index (χ0n) is 16.4. The predicted molar refractivity (Wildman–Crippen MR) is 122 cm³/mol. The molecular formula is C22H22ClFN2O2S2. The van der Waals surface area contributed by atoms with Gasteiger partial charge in [-0.1, -0.05) is 22.9 Å². The van der Waals surface area contributed by atoms with Crippen LogP contribution < -0.4 is 4.90 Å². The average molecular weight is 465 g/mol. The molecule has 1 aromatic heterocycles. The molecule has 3 aromatic rings. The van der Waals surface area contributed by atoms with E-state index in [0.29, 0.717) is 23.1 Å². The lowest BCUT2D eigenvalue weighted by molar-refractivity contribution is -0.119. The first-order chi connectivity index (χ1) is 14.6. The van der Waals surface area contributed by atoms with E-state index in [1.807, 2.05) is 18.2 Å². The van der Waals surface area contributed by atoms with Gasteiger partial charge in [-0.2, -0.15) is 0 Å². The van der Waals surface area contributed by atoms with E-state index in [2.05, 4.69) is 4.98 Å². The van der Waals surface area contributed by atoms with E-state index in [1.165, 1.54) is 23.5 Å². The minimum atomic E-state index is -0.239. The molecule has 1 fully saturated rings. The van der Waals surface area contributed by atoms with Crippen molar-refractivity contribution >= 4 is 56.0 Å². The summed E-state index contributed by atoms with van der Waals surface area (Å²) in [5.41, 5.74) is 0.844. The fourth-order valence-electron chi connectivity index (χ4n) is 3.36. The predicted octanol–water partition coefficient (Wildman–Crippen LogP) is 6.17. The van der Waals surface area contributed by atoms with E-state index in [0.717, 1.165) is 46.7 Å². The summed E-state index contributed by atoms with van der Waals surface area (Å²) in [6.07, 6.45) is 3.20. The number of carbonyl (C=O) groups excluding carboxylic acids is 1. The van der Waals surface area contributed by atoms with Crippen molar-refractivity contribution in [3.8, 4) is 0 Å². The van der Waals surface area contributed by atoms with Crippen molar-refractivity contribution in [2.45, 2.75) is 36.7 Å². The first kappa shape index (κ1) is 21.6. The van der Waals surface area contributed by atoms with Gasteiger partial charge in [0.2, 0.25) is 5.91 Å². The Kier molecular flexibility index (Phi) is 7.25. The van der Waals surface area contributed by atoms with Crippen molar-refractivity contribution in [1.29, 1.82) is 0 Å². The van der Waals surface area contributed by atoms with Crippen LogP contribution >= 0.6 is 34.7 Å². The maximum atomic E-state index is 13.1. The van der Waals surface area contributed by atoms with Crippen LogP contribution in [-0.2, 0) is 9.53 Å². The van der Waals surface area contributed by atoms with Crippen LogP contribution in [0.15, 0.2) is 47.4 Å². The van der Waals surface area contributed by atoms with Gasteiger partial charge in [-0.3, -0.25) is 9.69 Å². The number of amides is 1. The van der Waals surface area contributed by atoms with Gasteiger partial charge >= 0.3 is 0 Å². The van der Waals surface area contributed by atoms with Crippen molar-refractivity contribution in [3.63, 3.8) is 0 Å². The molecule has 1 aliphatic rings. The Morgan fingerprint density at radius 1 is 1.30 bits per heavy atom. The number of fused-ring (bicyclic) bond motifs is 1. The van der Waals surface area contributed by atoms with E-state index in [9.17, 15) is 9.18 Å². The molecule has 0 bridgehead atoms. The minimum absolute atomic E-state index is 0.0513. The topological polar surface area (TPSA) is 42.4 Å². The Balaban J connectivity index is 1.41. The molecule has 0 saturated carbocycles. The van der Waals surface area contributed by atoms with E-state index in [4.69, 9.17) is 16.3 Å². The number of benzene rings is 2. The van der Waals surface area contributed by atoms with Crippen LogP contribution in [0, 0.1) is 5.82 Å². The molecule has 0 aliphatic carbocycles. The second-order valence-corrected chi connectivity index (χ2v) is 9.77. The van der Waals surface area contributed by atoms with Gasteiger partial charge in [0.15, 0.2) is 5.13 Å². The number of carbonyl (C=O) groups is 1. The van der Waals surface area contributed by atoms with Crippen molar-refractivity contribution in [1.82, 2.24) is 4.98 Å². The highest BCUT2D eigenvalue weighted by molar-refractivity contribution is 7.99. The lowest BCUT2D eigenvalue weighted by atomic mass is 10.2. The quantitative estimate of drug-likeness (QED) is 0.295. The van der Waals surface area contributed by atoms with Gasteiger partial charge in [0.1, 0.15) is 5.82 Å². The van der Waals surface area contributed by atoms with Crippen molar-refractivity contribution in [3.05, 3.63) is 53.3 Å². The molecule has 1 atom stereocenters. The summed E-state index contributed by atoms with van der Waals surface area (Å²) in [4.78, 5) is 20.5. The molecule has 2 aromatic carbocycles. The normalized spacial score (nSPS) is 16.3. The number of rotatable bonds is 8. The standard InChI is InChI=1S/C22H22ClFN2O2S2/c23-15-5-10-19-20(13-15)30-22(25-19)26(14-17-3-1-11-28-17)21(27)4-2-12-29-18-8-6-16(24)7-9-18/h5-10,13,17H,1-4,11-12,14H2. The summed E-state index contributed by atoms with van der Waals surface area (Å²) in [5, 5.41) is 1.35. The molecule has 0 N–H and O–H groups in total. The fourth-order valence-corrected chi connectivity index (χ4v) is 5.48. The molecule has 1 aliphatic heterocycles. The largest absolute Gasteiger partial charge is 0.376 e. The molecule has 1 unspecified atom stereocenters. The average Bonchev–Trinajstić information content (AvgIpc) is 3.39. The number of hydrogen-bond donors (Lipinski definition) is 0. The molecule has 8 heteroatoms. The molecule has 0 radical (unpaired) electrons. The maximum Gasteiger partial charge on any atom is 0.228 e. The van der Waals surface area contributed by atoms with E-state index < -0.39 is 0 Å². The summed E-state index contributed by atoms with van der Waals surface area (Å²) in [6, 6.07) is 12.0. The van der Waals surface area contributed by atoms with Crippen LogP contribution in [-0.4, -0.2) is 35.9 Å². The third-order valence-electron chi connectivity index (χ3n) is 4.90. The number of halogens is 2. The highest BCUT2D eigenvalue weighted by Crippen LogP contribution is 2.32. The highest BCUT2D eigenvalue weighted by atomic mass is 35.5. The summed E-state index contributed by atoms with van der Waals surface area (Å²) < 4.78 is 19.8. The molecule has 1 amide bonds. The smallest absolute Gasteiger partial charge is 0.228 e. The van der Waals surface area contributed by atoms with E-state index in [1.54, 1.807) is 28.8 Å². The van der Waals surface area contributed by atoms with Gasteiger partial charge in [-0.15, -0.1) is 11.8 Å². The molecule has 158 valence electrons. The maximum absolute atomic E-state index is 13.1. The second kappa shape index (κ2) is 10.1. The zero-order chi connectivity index (χ0) is 20.9. The van der Waals surface area contributed by atoms with Gasteiger partial charge in [0.25, 0.3) is 0 Å². The third kappa shape index (κ3) is 5.52. The van der Waals surface area contributed by atoms with E-state index >= 15 is 0 Å².